The summed E-state index contributed by atoms with van der Waals surface area (Å²) in [4.78, 5) is 33.8. The third-order valence-electron chi connectivity index (χ3n) is 9.89. The number of carbonyl (C=O) groups excluding carboxylic acids is 1. The number of halogens is 1. The van der Waals surface area contributed by atoms with Gasteiger partial charge in [-0.25, -0.2) is 9.37 Å². The normalized spacial score (nSPS) is 21.4. The van der Waals surface area contributed by atoms with Crippen LogP contribution in [0.1, 0.15) is 99.0 Å². The summed E-state index contributed by atoms with van der Waals surface area (Å²) in [7, 11) is 0. The number of nitrogens with zero attached hydrogens (tertiary/aromatic N) is 4. The van der Waals surface area contributed by atoms with E-state index in [0.29, 0.717) is 43.8 Å². The van der Waals surface area contributed by atoms with Crippen molar-refractivity contribution in [3.8, 4) is 0 Å². The molecule has 1 saturated carbocycles. The average molecular weight is 580 g/mol. The molecule has 1 unspecified atom stereocenters. The molecule has 9 nitrogen and oxygen atoms in total. The number of hydrogen-bond acceptors (Lipinski definition) is 8. The summed E-state index contributed by atoms with van der Waals surface area (Å²) in [5.41, 5.74) is 8.78. The minimum Gasteiger partial charge on any atom is -0.454 e. The van der Waals surface area contributed by atoms with E-state index in [2.05, 4.69) is 10.1 Å². The molecule has 1 saturated heterocycles. The first-order valence-corrected chi connectivity index (χ1v) is 15.6. The Kier molecular flexibility index (Phi) is 8.45. The number of carbonyl (C=O) groups is 1. The van der Waals surface area contributed by atoms with Gasteiger partial charge in [-0.1, -0.05) is 24.4 Å². The largest absolute Gasteiger partial charge is 0.454 e. The first kappa shape index (κ1) is 29.0. The summed E-state index contributed by atoms with van der Waals surface area (Å²) >= 11 is 0. The van der Waals surface area contributed by atoms with Crippen LogP contribution in [0.2, 0.25) is 0 Å². The van der Waals surface area contributed by atoms with Gasteiger partial charge in [-0.3, -0.25) is 14.2 Å². The number of rotatable bonds is 8. The third kappa shape index (κ3) is 5.88. The van der Waals surface area contributed by atoms with Crippen molar-refractivity contribution in [3.05, 3.63) is 57.1 Å². The van der Waals surface area contributed by atoms with Crippen LogP contribution in [0.4, 0.5) is 4.39 Å². The molecule has 10 heteroatoms. The number of likely N-dealkylation sites (tertiary alicyclic amines) is 1. The minimum absolute atomic E-state index is 0.0138. The van der Waals surface area contributed by atoms with Crippen molar-refractivity contribution in [1.82, 2.24) is 19.6 Å². The number of nitrogens with two attached hydrogens (primary N) is 1. The van der Waals surface area contributed by atoms with E-state index >= 15 is 0 Å². The molecule has 226 valence electrons. The lowest BCUT2D eigenvalue weighted by molar-refractivity contribution is -0.154. The van der Waals surface area contributed by atoms with Crippen LogP contribution in [-0.4, -0.2) is 51.8 Å². The Morgan fingerprint density at radius 1 is 1.14 bits per heavy atom. The highest BCUT2D eigenvalue weighted by Crippen LogP contribution is 2.39. The summed E-state index contributed by atoms with van der Waals surface area (Å²) in [6, 6.07) is 4.59. The van der Waals surface area contributed by atoms with Crippen LogP contribution in [0, 0.1) is 18.2 Å². The topological polar surface area (TPSA) is 116 Å². The second-order valence-electron chi connectivity index (χ2n) is 12.6. The molecule has 1 atom stereocenters. The maximum absolute atomic E-state index is 13.6. The highest BCUT2D eigenvalue weighted by atomic mass is 19.1. The van der Waals surface area contributed by atoms with Gasteiger partial charge < -0.3 is 19.9 Å². The summed E-state index contributed by atoms with van der Waals surface area (Å²) in [6.45, 7) is 5.54. The Morgan fingerprint density at radius 3 is 2.69 bits per heavy atom. The van der Waals surface area contributed by atoms with Crippen LogP contribution in [0.15, 0.2) is 27.5 Å². The lowest BCUT2D eigenvalue weighted by Crippen LogP contribution is -2.39. The van der Waals surface area contributed by atoms with E-state index in [-0.39, 0.29) is 28.7 Å². The Bertz CT molecular complexity index is 1490. The van der Waals surface area contributed by atoms with Crippen molar-refractivity contribution < 1.29 is 18.4 Å². The van der Waals surface area contributed by atoms with E-state index in [0.717, 1.165) is 86.9 Å². The fourth-order valence-corrected chi connectivity index (χ4v) is 7.33. The minimum atomic E-state index is -0.492. The maximum Gasteiger partial charge on any atom is 0.307 e. The SMILES string of the molecule is Cc1nc2n(c(=O)c1CCN1CCC(c3noc4cc(F)ccc34)CC1)CCCC2OC(=O)CC1(CN)CCCCC1. The number of hydrogen-bond donors (Lipinski definition) is 1. The average Bonchev–Trinajstić information content (AvgIpc) is 3.41. The number of ether oxygens (including phenoxy) is 1. The van der Waals surface area contributed by atoms with Gasteiger partial charge in [0.2, 0.25) is 0 Å². The van der Waals surface area contributed by atoms with Crippen molar-refractivity contribution in [3.63, 3.8) is 0 Å². The third-order valence-corrected chi connectivity index (χ3v) is 9.89. The monoisotopic (exact) mass is 579 g/mol. The number of esters is 1. The summed E-state index contributed by atoms with van der Waals surface area (Å²) < 4.78 is 26.6. The lowest BCUT2D eigenvalue weighted by atomic mass is 9.72. The van der Waals surface area contributed by atoms with Crippen LogP contribution in [-0.2, 0) is 22.5 Å². The molecule has 2 N–H and O–H groups in total. The van der Waals surface area contributed by atoms with Crippen molar-refractivity contribution >= 4 is 16.9 Å². The Balaban J connectivity index is 1.08. The van der Waals surface area contributed by atoms with Gasteiger partial charge in [-0.15, -0.1) is 0 Å². The highest BCUT2D eigenvalue weighted by molar-refractivity contribution is 5.79. The quantitative estimate of drug-likeness (QED) is 0.374. The van der Waals surface area contributed by atoms with E-state index < -0.39 is 6.10 Å². The van der Waals surface area contributed by atoms with E-state index in [1.54, 1.807) is 10.6 Å². The zero-order chi connectivity index (χ0) is 29.3. The van der Waals surface area contributed by atoms with E-state index in [1.807, 2.05) is 6.92 Å². The molecule has 3 aliphatic rings. The van der Waals surface area contributed by atoms with Crippen molar-refractivity contribution in [1.29, 1.82) is 0 Å². The number of piperidine rings is 1. The van der Waals surface area contributed by atoms with Crippen LogP contribution >= 0.6 is 0 Å². The van der Waals surface area contributed by atoms with Gasteiger partial charge in [-0.05, 0) is 89.1 Å². The summed E-state index contributed by atoms with van der Waals surface area (Å²) in [6.07, 6.45) is 9.12. The van der Waals surface area contributed by atoms with Crippen LogP contribution in [0.3, 0.4) is 0 Å². The fraction of sp³-hybridized carbons (Fsp3) is 0.625. The van der Waals surface area contributed by atoms with E-state index in [1.165, 1.54) is 18.6 Å². The van der Waals surface area contributed by atoms with Crippen molar-refractivity contribution in [2.75, 3.05) is 26.2 Å². The van der Waals surface area contributed by atoms with Gasteiger partial charge in [0.1, 0.15) is 5.82 Å². The first-order valence-electron chi connectivity index (χ1n) is 15.6. The van der Waals surface area contributed by atoms with Gasteiger partial charge in [0.05, 0.1) is 12.1 Å². The first-order chi connectivity index (χ1) is 20.4. The van der Waals surface area contributed by atoms with E-state index in [9.17, 15) is 14.0 Å². The molecule has 4 heterocycles. The molecule has 0 radical (unpaired) electrons. The molecule has 0 spiro atoms. The molecule has 2 aromatic heterocycles. The molecule has 0 amide bonds. The highest BCUT2D eigenvalue weighted by Gasteiger charge is 2.36. The second-order valence-corrected chi connectivity index (χ2v) is 12.6. The van der Waals surface area contributed by atoms with Crippen LogP contribution < -0.4 is 11.3 Å². The van der Waals surface area contributed by atoms with Crippen molar-refractivity contribution in [2.45, 2.75) is 96.1 Å². The van der Waals surface area contributed by atoms with Gasteiger partial charge in [-0.2, -0.15) is 0 Å². The molecule has 2 aliphatic heterocycles. The lowest BCUT2D eigenvalue weighted by Gasteiger charge is -2.36. The predicted molar refractivity (Wildman–Crippen MR) is 157 cm³/mol. The number of aryl methyl sites for hydroxylation is 1. The van der Waals surface area contributed by atoms with Crippen LogP contribution in [0.25, 0.3) is 11.0 Å². The zero-order valence-electron chi connectivity index (χ0n) is 24.6. The smallest absolute Gasteiger partial charge is 0.307 e. The molecule has 1 aromatic carbocycles. The number of fused-ring (bicyclic) bond motifs is 2. The Labute approximate surface area is 245 Å². The summed E-state index contributed by atoms with van der Waals surface area (Å²) in [5, 5.41) is 5.14. The molecule has 1 aliphatic carbocycles. The van der Waals surface area contributed by atoms with Crippen molar-refractivity contribution in [2.24, 2.45) is 11.1 Å². The van der Waals surface area contributed by atoms with Gasteiger partial charge in [0.25, 0.3) is 5.56 Å². The zero-order valence-corrected chi connectivity index (χ0v) is 24.6. The van der Waals surface area contributed by atoms with E-state index in [4.69, 9.17) is 20.0 Å². The standard InChI is InChI=1S/C32H42FN5O4/c1-21-24(11-17-37-15-9-22(10-16-37)29-25-8-7-23(33)18-27(25)42-36-29)31(40)38-14-5-6-26(30(38)35-21)41-28(39)19-32(20-34)12-3-2-4-13-32/h7-8,18,22,26H,2-6,9-17,19-20,34H2,1H3. The van der Waals surface area contributed by atoms with Gasteiger partial charge in [0, 0.05) is 41.7 Å². The molecular formula is C32H42FN5O4. The summed E-state index contributed by atoms with van der Waals surface area (Å²) in [5.74, 6) is 0.288. The molecule has 2 fully saturated rings. The Morgan fingerprint density at radius 2 is 1.93 bits per heavy atom. The molecular weight excluding hydrogens is 537 g/mol. The Hall–Kier alpha value is -3.11. The number of aromatic nitrogens is 3. The maximum atomic E-state index is 13.6. The molecule has 3 aromatic rings. The molecule has 6 rings (SSSR count). The molecule has 42 heavy (non-hydrogen) atoms. The van der Waals surface area contributed by atoms with Gasteiger partial charge >= 0.3 is 5.97 Å². The predicted octanol–water partition coefficient (Wildman–Crippen LogP) is 4.93. The second kappa shape index (κ2) is 12.2. The molecule has 0 bridgehead atoms. The van der Waals surface area contributed by atoms with Gasteiger partial charge in [0.15, 0.2) is 17.5 Å². The van der Waals surface area contributed by atoms with Crippen LogP contribution in [0.5, 0.6) is 0 Å². The number of benzene rings is 1. The fourth-order valence-electron chi connectivity index (χ4n) is 7.33.